The van der Waals surface area contributed by atoms with Gasteiger partial charge in [0.2, 0.25) is 0 Å². The molecule has 1 aliphatic heterocycles. The lowest BCUT2D eigenvalue weighted by atomic mass is 10.1. The molecule has 2 rings (SSSR count). The van der Waals surface area contributed by atoms with E-state index in [0.29, 0.717) is 6.54 Å². The molecule has 1 aromatic rings. The van der Waals surface area contributed by atoms with E-state index >= 15 is 0 Å². The van der Waals surface area contributed by atoms with E-state index in [1.807, 2.05) is 25.1 Å². The number of rotatable bonds is 2. The first kappa shape index (κ1) is 13.8. The van der Waals surface area contributed by atoms with Crippen LogP contribution in [0, 0.1) is 0 Å². The van der Waals surface area contributed by atoms with Crippen LogP contribution in [0.3, 0.4) is 0 Å². The zero-order valence-corrected chi connectivity index (χ0v) is 12.7. The number of benzene rings is 1. The average Bonchev–Trinajstić information content (AvgIpc) is 2.24. The van der Waals surface area contributed by atoms with Gasteiger partial charge in [-0.25, -0.2) is 8.42 Å². The monoisotopic (exact) mass is 332 g/mol. The minimum Gasteiger partial charge on any atom is -0.399 e. The van der Waals surface area contributed by atoms with Gasteiger partial charge in [-0.2, -0.15) is 0 Å². The van der Waals surface area contributed by atoms with Crippen molar-refractivity contribution in [2.45, 2.75) is 19.5 Å². The molecule has 1 atom stereocenters. The molecular weight excluding hydrogens is 316 g/mol. The van der Waals surface area contributed by atoms with Crippen LogP contribution in [0.5, 0.6) is 0 Å². The van der Waals surface area contributed by atoms with Crippen LogP contribution >= 0.6 is 15.9 Å². The van der Waals surface area contributed by atoms with E-state index in [0.717, 1.165) is 22.3 Å². The van der Waals surface area contributed by atoms with E-state index in [2.05, 4.69) is 20.8 Å². The molecule has 2 N–H and O–H groups in total. The summed E-state index contributed by atoms with van der Waals surface area (Å²) in [4.78, 5) is 2.19. The van der Waals surface area contributed by atoms with Gasteiger partial charge in [0.25, 0.3) is 0 Å². The Morgan fingerprint density at radius 3 is 2.83 bits per heavy atom. The van der Waals surface area contributed by atoms with Crippen LogP contribution in [0.1, 0.15) is 12.5 Å². The molecule has 100 valence electrons. The molecule has 0 radical (unpaired) electrons. The van der Waals surface area contributed by atoms with Crippen LogP contribution in [0.15, 0.2) is 22.7 Å². The quantitative estimate of drug-likeness (QED) is 0.836. The van der Waals surface area contributed by atoms with Gasteiger partial charge in [-0.15, -0.1) is 0 Å². The maximum atomic E-state index is 11.5. The molecule has 1 fully saturated rings. The summed E-state index contributed by atoms with van der Waals surface area (Å²) >= 11 is 3.49. The van der Waals surface area contributed by atoms with Gasteiger partial charge in [-0.3, -0.25) is 4.90 Å². The molecule has 6 heteroatoms. The molecule has 0 saturated carbocycles. The molecule has 1 heterocycles. The van der Waals surface area contributed by atoms with E-state index in [4.69, 9.17) is 5.73 Å². The highest BCUT2D eigenvalue weighted by atomic mass is 79.9. The first-order chi connectivity index (χ1) is 8.37. The zero-order chi connectivity index (χ0) is 13.3. The lowest BCUT2D eigenvalue weighted by molar-refractivity contribution is 0.218. The molecule has 0 amide bonds. The van der Waals surface area contributed by atoms with Crippen LogP contribution in [-0.4, -0.2) is 37.4 Å². The smallest absolute Gasteiger partial charge is 0.153 e. The molecule has 4 nitrogen and oxygen atoms in total. The van der Waals surface area contributed by atoms with Gasteiger partial charge in [0.1, 0.15) is 0 Å². The van der Waals surface area contributed by atoms with Crippen LogP contribution in [-0.2, 0) is 16.4 Å². The van der Waals surface area contributed by atoms with Crippen LogP contribution < -0.4 is 5.73 Å². The fourth-order valence-corrected chi connectivity index (χ4v) is 4.33. The highest BCUT2D eigenvalue weighted by Gasteiger charge is 2.28. The highest BCUT2D eigenvalue weighted by molar-refractivity contribution is 9.10. The number of halogens is 1. The number of nitrogens with zero attached hydrogens (tertiary/aromatic N) is 1. The Morgan fingerprint density at radius 1 is 1.50 bits per heavy atom. The second-order valence-corrected chi connectivity index (χ2v) is 7.87. The number of nitrogens with two attached hydrogens (primary N) is 1. The SMILES string of the molecule is CC1CS(=O)(=O)CCN1Cc1ccc(N)cc1Br. The second kappa shape index (κ2) is 5.19. The summed E-state index contributed by atoms with van der Waals surface area (Å²) in [5.74, 6) is 0.503. The van der Waals surface area contributed by atoms with E-state index in [1.165, 1.54) is 0 Å². The number of hydrogen-bond acceptors (Lipinski definition) is 4. The van der Waals surface area contributed by atoms with E-state index in [9.17, 15) is 8.42 Å². The summed E-state index contributed by atoms with van der Waals surface area (Å²) in [5.41, 5.74) is 7.56. The van der Waals surface area contributed by atoms with E-state index in [-0.39, 0.29) is 17.5 Å². The van der Waals surface area contributed by atoms with Gasteiger partial charge in [0.15, 0.2) is 9.84 Å². The van der Waals surface area contributed by atoms with Crippen molar-refractivity contribution in [3.63, 3.8) is 0 Å². The highest BCUT2D eigenvalue weighted by Crippen LogP contribution is 2.23. The van der Waals surface area contributed by atoms with Crippen molar-refractivity contribution < 1.29 is 8.42 Å². The second-order valence-electron chi connectivity index (χ2n) is 4.78. The fourth-order valence-electron chi connectivity index (χ4n) is 2.18. The molecule has 18 heavy (non-hydrogen) atoms. The predicted octanol–water partition coefficient (Wildman–Crippen LogP) is 1.65. The van der Waals surface area contributed by atoms with Crippen molar-refractivity contribution >= 4 is 31.5 Å². The lowest BCUT2D eigenvalue weighted by Gasteiger charge is -2.33. The van der Waals surface area contributed by atoms with Crippen molar-refractivity contribution in [2.75, 3.05) is 23.8 Å². The number of sulfone groups is 1. The van der Waals surface area contributed by atoms with Crippen molar-refractivity contribution in [2.24, 2.45) is 0 Å². The lowest BCUT2D eigenvalue weighted by Crippen LogP contribution is -2.46. The van der Waals surface area contributed by atoms with Crippen molar-refractivity contribution in [3.05, 3.63) is 28.2 Å². The summed E-state index contributed by atoms with van der Waals surface area (Å²) in [7, 11) is -2.85. The van der Waals surface area contributed by atoms with Gasteiger partial charge in [0.05, 0.1) is 11.5 Å². The first-order valence-electron chi connectivity index (χ1n) is 5.86. The third kappa shape index (κ3) is 3.24. The minimum atomic E-state index is -2.85. The Kier molecular flexibility index (Phi) is 3.99. The molecular formula is C12H17BrN2O2S. The van der Waals surface area contributed by atoms with Gasteiger partial charge >= 0.3 is 0 Å². The normalized spacial score (nSPS) is 24.0. The topological polar surface area (TPSA) is 63.4 Å². The Hall–Kier alpha value is -0.590. The molecule has 1 aromatic carbocycles. The average molecular weight is 333 g/mol. The molecule has 1 unspecified atom stereocenters. The summed E-state index contributed by atoms with van der Waals surface area (Å²) in [6.45, 7) is 3.31. The van der Waals surface area contributed by atoms with Crippen LogP contribution in [0.25, 0.3) is 0 Å². The van der Waals surface area contributed by atoms with E-state index < -0.39 is 9.84 Å². The summed E-state index contributed by atoms with van der Waals surface area (Å²) in [6, 6.07) is 5.79. The van der Waals surface area contributed by atoms with Crippen molar-refractivity contribution in [1.29, 1.82) is 0 Å². The Morgan fingerprint density at radius 2 is 2.22 bits per heavy atom. The van der Waals surface area contributed by atoms with Crippen LogP contribution in [0.4, 0.5) is 5.69 Å². The summed E-state index contributed by atoms with van der Waals surface area (Å²) < 4.78 is 24.0. The number of nitrogen functional groups attached to an aromatic ring is 1. The molecule has 0 bridgehead atoms. The summed E-state index contributed by atoms with van der Waals surface area (Å²) in [6.07, 6.45) is 0. The molecule has 1 aliphatic rings. The maximum absolute atomic E-state index is 11.5. The van der Waals surface area contributed by atoms with Gasteiger partial charge in [0, 0.05) is 29.3 Å². The molecule has 0 aromatic heterocycles. The first-order valence-corrected chi connectivity index (χ1v) is 8.47. The van der Waals surface area contributed by atoms with E-state index in [1.54, 1.807) is 0 Å². The predicted molar refractivity (Wildman–Crippen MR) is 77.1 cm³/mol. The molecule has 0 aliphatic carbocycles. The van der Waals surface area contributed by atoms with Crippen molar-refractivity contribution in [3.8, 4) is 0 Å². The third-order valence-corrected chi connectivity index (χ3v) is 5.79. The number of anilines is 1. The Bertz CT molecular complexity index is 545. The third-order valence-electron chi connectivity index (χ3n) is 3.26. The Labute approximate surface area is 116 Å². The zero-order valence-electron chi connectivity index (χ0n) is 10.3. The van der Waals surface area contributed by atoms with Gasteiger partial charge in [-0.1, -0.05) is 22.0 Å². The fraction of sp³-hybridized carbons (Fsp3) is 0.500. The molecule has 0 spiro atoms. The van der Waals surface area contributed by atoms with Gasteiger partial charge in [-0.05, 0) is 24.6 Å². The minimum absolute atomic E-state index is 0.0632. The standard InChI is InChI=1S/C12H17BrN2O2S/c1-9-8-18(16,17)5-4-15(9)7-10-2-3-11(14)6-12(10)13/h2-3,6,9H,4-5,7-8,14H2,1H3. The summed E-state index contributed by atoms with van der Waals surface area (Å²) in [5, 5.41) is 0. The number of hydrogen-bond donors (Lipinski definition) is 1. The molecule has 1 saturated heterocycles. The maximum Gasteiger partial charge on any atom is 0.153 e. The Balaban J connectivity index is 2.10. The van der Waals surface area contributed by atoms with Crippen molar-refractivity contribution in [1.82, 2.24) is 4.90 Å². The van der Waals surface area contributed by atoms with Gasteiger partial charge < -0.3 is 5.73 Å². The van der Waals surface area contributed by atoms with Crippen LogP contribution in [0.2, 0.25) is 0 Å². The largest absolute Gasteiger partial charge is 0.399 e.